The van der Waals surface area contributed by atoms with Gasteiger partial charge in [-0.05, 0) is 19.1 Å². The normalized spacial score (nSPS) is 17.4. The third kappa shape index (κ3) is 3.54. The number of aryl methyl sites for hydroxylation is 1. The number of piperazine rings is 1. The van der Waals surface area contributed by atoms with E-state index in [0.29, 0.717) is 37.6 Å². The number of hydrogen-bond donors (Lipinski definition) is 0. The highest BCUT2D eigenvalue weighted by atomic mass is 16.5. The maximum absolute atomic E-state index is 12.7. The van der Waals surface area contributed by atoms with Crippen LogP contribution in [0.1, 0.15) is 16.2 Å². The Kier molecular flexibility index (Phi) is 4.93. The number of anilines is 1. The van der Waals surface area contributed by atoms with Crippen LogP contribution in [0.4, 0.5) is 5.69 Å². The Balaban J connectivity index is 1.27. The maximum Gasteiger partial charge on any atom is 0.276 e. The molecule has 28 heavy (non-hydrogen) atoms. The highest BCUT2D eigenvalue weighted by Gasteiger charge is 2.39. The third-order valence-electron chi connectivity index (χ3n) is 5.37. The van der Waals surface area contributed by atoms with Gasteiger partial charge in [-0.15, -0.1) is 0 Å². The molecule has 8 heteroatoms. The van der Waals surface area contributed by atoms with E-state index in [4.69, 9.17) is 9.26 Å². The van der Waals surface area contributed by atoms with Crippen LogP contribution in [-0.2, 0) is 4.79 Å². The fourth-order valence-electron chi connectivity index (χ4n) is 3.68. The molecule has 0 spiro atoms. The highest BCUT2D eigenvalue weighted by molar-refractivity contribution is 5.94. The molecule has 1 aromatic carbocycles. The molecule has 0 saturated carbocycles. The molecule has 0 aliphatic carbocycles. The number of methoxy groups -OCH3 is 1. The van der Waals surface area contributed by atoms with E-state index in [0.717, 1.165) is 24.5 Å². The summed E-state index contributed by atoms with van der Waals surface area (Å²) in [4.78, 5) is 30.9. The first kappa shape index (κ1) is 18.3. The van der Waals surface area contributed by atoms with Crippen molar-refractivity contribution >= 4 is 17.5 Å². The monoisotopic (exact) mass is 384 g/mol. The maximum atomic E-state index is 12.7. The Hall–Kier alpha value is -3.03. The Labute approximate surface area is 163 Å². The van der Waals surface area contributed by atoms with E-state index in [1.165, 1.54) is 0 Å². The highest BCUT2D eigenvalue weighted by Crippen LogP contribution is 2.24. The van der Waals surface area contributed by atoms with Crippen LogP contribution in [0.5, 0.6) is 5.75 Å². The van der Waals surface area contributed by atoms with Crippen LogP contribution in [0.2, 0.25) is 0 Å². The molecular weight excluding hydrogens is 360 g/mol. The molecule has 0 bridgehead atoms. The summed E-state index contributed by atoms with van der Waals surface area (Å²) in [5.74, 6) is 1.26. The number of carbonyl (C=O) groups is 2. The Morgan fingerprint density at radius 2 is 1.86 bits per heavy atom. The molecule has 2 amide bonds. The largest absolute Gasteiger partial charge is 0.497 e. The molecule has 3 heterocycles. The zero-order chi connectivity index (χ0) is 19.7. The van der Waals surface area contributed by atoms with Crippen LogP contribution < -0.4 is 9.64 Å². The van der Waals surface area contributed by atoms with E-state index in [1.54, 1.807) is 25.0 Å². The first-order valence-electron chi connectivity index (χ1n) is 9.45. The van der Waals surface area contributed by atoms with Gasteiger partial charge in [0, 0.05) is 57.1 Å². The summed E-state index contributed by atoms with van der Waals surface area (Å²) in [5.41, 5.74) is 1.41. The predicted octanol–water partition coefficient (Wildman–Crippen LogP) is 1.41. The molecule has 2 fully saturated rings. The van der Waals surface area contributed by atoms with Crippen LogP contribution >= 0.6 is 0 Å². The van der Waals surface area contributed by atoms with Gasteiger partial charge in [0.05, 0.1) is 13.0 Å². The van der Waals surface area contributed by atoms with Gasteiger partial charge in [0.15, 0.2) is 5.69 Å². The van der Waals surface area contributed by atoms with Gasteiger partial charge in [0.2, 0.25) is 5.91 Å². The molecule has 0 atom stereocenters. The van der Waals surface area contributed by atoms with Gasteiger partial charge >= 0.3 is 0 Å². The number of ether oxygens (including phenoxy) is 1. The number of hydrogen-bond acceptors (Lipinski definition) is 6. The Morgan fingerprint density at radius 3 is 2.50 bits per heavy atom. The summed E-state index contributed by atoms with van der Waals surface area (Å²) in [5, 5.41) is 3.75. The van der Waals surface area contributed by atoms with Crippen LogP contribution in [-0.4, -0.2) is 73.1 Å². The van der Waals surface area contributed by atoms with Crippen molar-refractivity contribution in [3.8, 4) is 5.75 Å². The van der Waals surface area contributed by atoms with Crippen molar-refractivity contribution in [2.45, 2.75) is 6.92 Å². The molecule has 148 valence electrons. The molecule has 2 saturated heterocycles. The molecule has 2 aromatic rings. The fourth-order valence-corrected chi connectivity index (χ4v) is 3.68. The van der Waals surface area contributed by atoms with Crippen molar-refractivity contribution in [1.29, 1.82) is 0 Å². The average molecular weight is 384 g/mol. The summed E-state index contributed by atoms with van der Waals surface area (Å²) in [7, 11) is 1.66. The lowest BCUT2D eigenvalue weighted by Gasteiger charge is -2.43. The fraction of sp³-hybridized carbons (Fsp3) is 0.450. The van der Waals surface area contributed by atoms with Gasteiger partial charge in [-0.3, -0.25) is 9.59 Å². The molecule has 4 rings (SSSR count). The lowest BCUT2D eigenvalue weighted by atomic mass is 9.97. The van der Waals surface area contributed by atoms with Gasteiger partial charge in [-0.2, -0.15) is 0 Å². The molecule has 8 nitrogen and oxygen atoms in total. The van der Waals surface area contributed by atoms with E-state index >= 15 is 0 Å². The Bertz CT molecular complexity index is 867. The molecule has 0 unspecified atom stereocenters. The summed E-state index contributed by atoms with van der Waals surface area (Å²) >= 11 is 0. The molecular formula is C20H24N4O4. The number of carbonyl (C=O) groups excluding carboxylic acids is 2. The standard InChI is InChI=1S/C20H24N4O4/c1-14-10-18(21-28-14)20(26)24-12-15(13-24)19(25)23-8-6-22(7-9-23)16-4-3-5-17(11-16)27-2/h3-5,10-11,15H,6-9,12-13H2,1-2H3. The average Bonchev–Trinajstić information content (AvgIpc) is 3.13. The molecule has 1 aromatic heterocycles. The van der Waals surface area contributed by atoms with Gasteiger partial charge in [0.1, 0.15) is 11.5 Å². The van der Waals surface area contributed by atoms with E-state index in [-0.39, 0.29) is 17.7 Å². The number of benzene rings is 1. The quantitative estimate of drug-likeness (QED) is 0.793. The predicted molar refractivity (Wildman–Crippen MR) is 102 cm³/mol. The first-order valence-corrected chi connectivity index (χ1v) is 9.45. The van der Waals surface area contributed by atoms with Crippen molar-refractivity contribution in [3.63, 3.8) is 0 Å². The Morgan fingerprint density at radius 1 is 1.11 bits per heavy atom. The van der Waals surface area contributed by atoms with E-state index in [9.17, 15) is 9.59 Å². The SMILES string of the molecule is COc1cccc(N2CCN(C(=O)C3CN(C(=O)c4cc(C)on4)C3)CC2)c1. The van der Waals surface area contributed by atoms with Gasteiger partial charge < -0.3 is 24.0 Å². The lowest BCUT2D eigenvalue weighted by molar-refractivity contribution is -0.140. The van der Waals surface area contributed by atoms with Crippen molar-refractivity contribution in [2.24, 2.45) is 5.92 Å². The zero-order valence-electron chi connectivity index (χ0n) is 16.1. The summed E-state index contributed by atoms with van der Waals surface area (Å²) < 4.78 is 10.2. The van der Waals surface area contributed by atoms with Gasteiger partial charge in [0.25, 0.3) is 5.91 Å². The van der Waals surface area contributed by atoms with E-state index < -0.39 is 0 Å². The topological polar surface area (TPSA) is 79.1 Å². The number of aromatic nitrogens is 1. The lowest BCUT2D eigenvalue weighted by Crippen LogP contribution is -2.59. The van der Waals surface area contributed by atoms with E-state index in [1.807, 2.05) is 23.1 Å². The summed E-state index contributed by atoms with van der Waals surface area (Å²) in [6.45, 7) is 5.57. The van der Waals surface area contributed by atoms with Gasteiger partial charge in [-0.25, -0.2) is 0 Å². The second-order valence-corrected chi connectivity index (χ2v) is 7.24. The minimum atomic E-state index is -0.177. The second kappa shape index (κ2) is 7.53. The zero-order valence-corrected chi connectivity index (χ0v) is 16.1. The van der Waals surface area contributed by atoms with Crippen molar-refractivity contribution in [1.82, 2.24) is 15.0 Å². The minimum absolute atomic E-state index is 0.125. The van der Waals surface area contributed by atoms with Crippen LogP contribution in [0.3, 0.4) is 0 Å². The van der Waals surface area contributed by atoms with E-state index in [2.05, 4.69) is 16.1 Å². The minimum Gasteiger partial charge on any atom is -0.497 e. The number of amides is 2. The summed E-state index contributed by atoms with van der Waals surface area (Å²) in [6.07, 6.45) is 0. The first-order chi connectivity index (χ1) is 13.5. The second-order valence-electron chi connectivity index (χ2n) is 7.24. The summed E-state index contributed by atoms with van der Waals surface area (Å²) in [6, 6.07) is 9.59. The number of rotatable bonds is 4. The number of nitrogens with zero attached hydrogens (tertiary/aromatic N) is 4. The third-order valence-corrected chi connectivity index (χ3v) is 5.37. The van der Waals surface area contributed by atoms with Crippen molar-refractivity contribution < 1.29 is 18.8 Å². The smallest absolute Gasteiger partial charge is 0.276 e. The van der Waals surface area contributed by atoms with Gasteiger partial charge in [-0.1, -0.05) is 11.2 Å². The van der Waals surface area contributed by atoms with Crippen LogP contribution in [0.15, 0.2) is 34.9 Å². The molecule has 0 N–H and O–H groups in total. The molecule has 0 radical (unpaired) electrons. The van der Waals surface area contributed by atoms with Crippen molar-refractivity contribution in [3.05, 3.63) is 41.8 Å². The molecule has 2 aliphatic heterocycles. The van der Waals surface area contributed by atoms with Crippen LogP contribution in [0.25, 0.3) is 0 Å². The molecule has 2 aliphatic rings. The van der Waals surface area contributed by atoms with Crippen LogP contribution in [0, 0.1) is 12.8 Å². The van der Waals surface area contributed by atoms with Crippen molar-refractivity contribution in [2.75, 3.05) is 51.3 Å². The number of likely N-dealkylation sites (tertiary alicyclic amines) is 1.